The van der Waals surface area contributed by atoms with Crippen LogP contribution in [0.1, 0.15) is 26.2 Å². The molecule has 0 aliphatic heterocycles. The number of halogens is 1. The van der Waals surface area contributed by atoms with Crippen molar-refractivity contribution in [2.75, 3.05) is 25.5 Å². The predicted octanol–water partition coefficient (Wildman–Crippen LogP) is 3.54. The Kier molecular flexibility index (Phi) is 7.61. The van der Waals surface area contributed by atoms with Gasteiger partial charge >= 0.3 is 12.0 Å². The van der Waals surface area contributed by atoms with E-state index in [9.17, 15) is 9.59 Å². The maximum Gasteiger partial charge on any atom is 0.321 e. The minimum Gasteiger partial charge on any atom is -0.469 e. The Morgan fingerprint density at radius 3 is 2.48 bits per heavy atom. The summed E-state index contributed by atoms with van der Waals surface area (Å²) >= 11 is 5.81. The van der Waals surface area contributed by atoms with Crippen molar-refractivity contribution < 1.29 is 14.3 Å². The molecule has 0 saturated heterocycles. The Bertz CT molecular complexity index is 462. The third-order valence-electron chi connectivity index (χ3n) is 2.98. The zero-order valence-corrected chi connectivity index (χ0v) is 13.2. The summed E-state index contributed by atoms with van der Waals surface area (Å²) in [5, 5.41) is 3.41. The minimum absolute atomic E-state index is 0.189. The molecule has 0 spiro atoms. The summed E-state index contributed by atoms with van der Waals surface area (Å²) in [6.45, 7) is 2.99. The Morgan fingerprint density at radius 1 is 1.24 bits per heavy atom. The number of anilines is 1. The highest BCUT2D eigenvalue weighted by Crippen LogP contribution is 2.14. The molecule has 6 heteroatoms. The van der Waals surface area contributed by atoms with E-state index in [2.05, 4.69) is 17.0 Å². The molecule has 5 nitrogen and oxygen atoms in total. The first-order chi connectivity index (χ1) is 10.1. The number of hydrogen-bond donors (Lipinski definition) is 1. The number of urea groups is 1. The first-order valence-corrected chi connectivity index (χ1v) is 7.33. The van der Waals surface area contributed by atoms with Crippen molar-refractivity contribution in [2.24, 2.45) is 0 Å². The van der Waals surface area contributed by atoms with Crippen LogP contribution in [0.15, 0.2) is 24.3 Å². The van der Waals surface area contributed by atoms with Gasteiger partial charge < -0.3 is 15.0 Å². The highest BCUT2D eigenvalue weighted by atomic mass is 35.5. The minimum atomic E-state index is -0.323. The molecule has 1 N–H and O–H groups in total. The van der Waals surface area contributed by atoms with Gasteiger partial charge in [-0.15, -0.1) is 0 Å². The summed E-state index contributed by atoms with van der Waals surface area (Å²) in [7, 11) is 1.34. The number of esters is 1. The Morgan fingerprint density at radius 2 is 1.90 bits per heavy atom. The van der Waals surface area contributed by atoms with Crippen LogP contribution in [0.25, 0.3) is 0 Å². The average Bonchev–Trinajstić information content (AvgIpc) is 2.49. The molecule has 0 unspecified atom stereocenters. The number of ether oxygens (including phenoxy) is 1. The number of carbonyl (C=O) groups is 2. The van der Waals surface area contributed by atoms with Gasteiger partial charge in [-0.1, -0.05) is 24.9 Å². The predicted molar refractivity (Wildman–Crippen MR) is 83.6 cm³/mol. The van der Waals surface area contributed by atoms with E-state index in [1.807, 2.05) is 0 Å². The zero-order chi connectivity index (χ0) is 15.7. The van der Waals surface area contributed by atoms with Crippen LogP contribution in [0.3, 0.4) is 0 Å². The largest absolute Gasteiger partial charge is 0.469 e. The van der Waals surface area contributed by atoms with Crippen molar-refractivity contribution in [3.8, 4) is 0 Å². The van der Waals surface area contributed by atoms with Gasteiger partial charge in [0.05, 0.1) is 13.5 Å². The molecule has 0 aromatic heterocycles. The zero-order valence-electron chi connectivity index (χ0n) is 12.4. The van der Waals surface area contributed by atoms with Crippen LogP contribution in [0.2, 0.25) is 5.02 Å². The Balaban J connectivity index is 2.60. The monoisotopic (exact) mass is 312 g/mol. The smallest absolute Gasteiger partial charge is 0.321 e. The first-order valence-electron chi connectivity index (χ1n) is 6.95. The van der Waals surface area contributed by atoms with E-state index < -0.39 is 0 Å². The first kappa shape index (κ1) is 17.3. The summed E-state index contributed by atoms with van der Waals surface area (Å²) in [6, 6.07) is 6.66. The van der Waals surface area contributed by atoms with Crippen LogP contribution < -0.4 is 5.32 Å². The van der Waals surface area contributed by atoms with E-state index in [1.54, 1.807) is 29.2 Å². The second-order valence-electron chi connectivity index (χ2n) is 4.60. The summed E-state index contributed by atoms with van der Waals surface area (Å²) in [5.74, 6) is -0.323. The second kappa shape index (κ2) is 9.23. The molecule has 0 fully saturated rings. The van der Waals surface area contributed by atoms with Gasteiger partial charge in [0.1, 0.15) is 0 Å². The number of nitrogens with zero attached hydrogens (tertiary/aromatic N) is 1. The fourth-order valence-electron chi connectivity index (χ4n) is 1.73. The lowest BCUT2D eigenvalue weighted by molar-refractivity contribution is -0.140. The summed E-state index contributed by atoms with van der Waals surface area (Å²) in [4.78, 5) is 25.1. The maximum absolute atomic E-state index is 12.2. The highest BCUT2D eigenvalue weighted by Gasteiger charge is 2.14. The van der Waals surface area contributed by atoms with Gasteiger partial charge in [0.2, 0.25) is 0 Å². The van der Waals surface area contributed by atoms with Gasteiger partial charge in [0, 0.05) is 23.8 Å². The standard InChI is InChI=1S/C15H21ClN2O3/c1-3-4-10-18(11-9-14(19)21-2)15(20)17-13-7-5-12(16)6-8-13/h5-8H,3-4,9-11H2,1-2H3,(H,17,20). The van der Waals surface area contributed by atoms with Gasteiger partial charge in [-0.05, 0) is 30.7 Å². The highest BCUT2D eigenvalue weighted by molar-refractivity contribution is 6.30. The quantitative estimate of drug-likeness (QED) is 0.783. The molecule has 0 saturated carbocycles. The van der Waals surface area contributed by atoms with E-state index >= 15 is 0 Å². The van der Waals surface area contributed by atoms with Gasteiger partial charge in [0.15, 0.2) is 0 Å². The molecule has 0 atom stereocenters. The molecule has 2 amide bonds. The average molecular weight is 313 g/mol. The van der Waals surface area contributed by atoms with Crippen LogP contribution in [0.4, 0.5) is 10.5 Å². The number of nitrogens with one attached hydrogen (secondary N) is 1. The van der Waals surface area contributed by atoms with Crippen molar-refractivity contribution in [1.29, 1.82) is 0 Å². The van der Waals surface area contributed by atoms with E-state index in [1.165, 1.54) is 7.11 Å². The molecule has 1 rings (SSSR count). The Hall–Kier alpha value is -1.75. The SMILES string of the molecule is CCCCN(CCC(=O)OC)C(=O)Nc1ccc(Cl)cc1. The normalized spacial score (nSPS) is 10.0. The number of hydrogen-bond acceptors (Lipinski definition) is 3. The fraction of sp³-hybridized carbons (Fsp3) is 0.467. The number of unbranched alkanes of at least 4 members (excludes halogenated alkanes) is 1. The van der Waals surface area contributed by atoms with Crippen molar-refractivity contribution in [2.45, 2.75) is 26.2 Å². The van der Waals surface area contributed by atoms with Gasteiger partial charge in [-0.3, -0.25) is 4.79 Å². The number of carbonyl (C=O) groups excluding carboxylic acids is 2. The third kappa shape index (κ3) is 6.49. The molecular weight excluding hydrogens is 292 g/mol. The summed E-state index contributed by atoms with van der Waals surface area (Å²) < 4.78 is 4.60. The summed E-state index contributed by atoms with van der Waals surface area (Å²) in [5.41, 5.74) is 0.670. The maximum atomic E-state index is 12.2. The lowest BCUT2D eigenvalue weighted by atomic mass is 10.3. The lowest BCUT2D eigenvalue weighted by Gasteiger charge is -2.22. The van der Waals surface area contributed by atoms with Crippen molar-refractivity contribution in [3.63, 3.8) is 0 Å². The molecule has 21 heavy (non-hydrogen) atoms. The van der Waals surface area contributed by atoms with E-state index in [0.29, 0.717) is 23.8 Å². The fourth-order valence-corrected chi connectivity index (χ4v) is 1.85. The lowest BCUT2D eigenvalue weighted by Crippen LogP contribution is -2.37. The molecule has 0 aliphatic carbocycles. The van der Waals surface area contributed by atoms with Crippen LogP contribution in [-0.4, -0.2) is 37.1 Å². The van der Waals surface area contributed by atoms with Crippen molar-refractivity contribution >= 4 is 29.3 Å². The van der Waals surface area contributed by atoms with Crippen molar-refractivity contribution in [3.05, 3.63) is 29.3 Å². The Labute approximate surface area is 130 Å². The van der Waals surface area contributed by atoms with Gasteiger partial charge in [0.25, 0.3) is 0 Å². The molecule has 1 aromatic rings. The molecule has 1 aromatic carbocycles. The van der Waals surface area contributed by atoms with E-state index in [4.69, 9.17) is 11.6 Å². The number of methoxy groups -OCH3 is 1. The molecule has 0 aliphatic rings. The van der Waals surface area contributed by atoms with Crippen LogP contribution in [-0.2, 0) is 9.53 Å². The van der Waals surface area contributed by atoms with Crippen molar-refractivity contribution in [1.82, 2.24) is 4.90 Å². The van der Waals surface area contributed by atoms with E-state index in [-0.39, 0.29) is 18.4 Å². The molecule has 0 radical (unpaired) electrons. The van der Waals surface area contributed by atoms with E-state index in [0.717, 1.165) is 12.8 Å². The molecule has 0 bridgehead atoms. The molecular formula is C15H21ClN2O3. The molecule has 116 valence electrons. The van der Waals surface area contributed by atoms with Crippen LogP contribution >= 0.6 is 11.6 Å². The second-order valence-corrected chi connectivity index (χ2v) is 5.04. The van der Waals surface area contributed by atoms with Gasteiger partial charge in [-0.25, -0.2) is 4.79 Å². The number of benzene rings is 1. The number of amides is 2. The summed E-state index contributed by atoms with van der Waals surface area (Å²) in [6.07, 6.45) is 2.05. The third-order valence-corrected chi connectivity index (χ3v) is 3.23. The number of rotatable bonds is 7. The topological polar surface area (TPSA) is 58.6 Å². The molecule has 0 heterocycles. The van der Waals surface area contributed by atoms with Crippen LogP contribution in [0, 0.1) is 0 Å². The van der Waals surface area contributed by atoms with Gasteiger partial charge in [-0.2, -0.15) is 0 Å². The van der Waals surface area contributed by atoms with Crippen LogP contribution in [0.5, 0.6) is 0 Å².